The van der Waals surface area contributed by atoms with Crippen LogP contribution in [0.1, 0.15) is 21.5 Å². The number of hydrogen-bond acceptors (Lipinski definition) is 3. The molecule has 0 aromatic heterocycles. The zero-order chi connectivity index (χ0) is 21.8. The lowest BCUT2D eigenvalue weighted by Crippen LogP contribution is -2.34. The van der Waals surface area contributed by atoms with Crippen LogP contribution in [-0.2, 0) is 17.8 Å². The molecular weight excluding hydrogens is 402 g/mol. The highest BCUT2D eigenvalue weighted by atomic mass is 19.1. The van der Waals surface area contributed by atoms with Crippen LogP contribution in [0, 0.1) is 11.6 Å². The third-order valence-electron chi connectivity index (χ3n) is 5.09. The van der Waals surface area contributed by atoms with Crippen LogP contribution >= 0.6 is 0 Å². The highest BCUT2D eigenvalue weighted by Crippen LogP contribution is 2.27. The summed E-state index contributed by atoms with van der Waals surface area (Å²) in [6, 6.07) is 17.0. The summed E-state index contributed by atoms with van der Waals surface area (Å²) in [6.07, 6.45) is 0.574. The molecule has 5 nitrogen and oxygen atoms in total. The summed E-state index contributed by atoms with van der Waals surface area (Å²) in [5, 5.41) is 2.69. The van der Waals surface area contributed by atoms with Gasteiger partial charge in [-0.1, -0.05) is 24.3 Å². The maximum absolute atomic E-state index is 13.9. The molecule has 2 amide bonds. The zero-order valence-electron chi connectivity index (χ0n) is 16.6. The Kier molecular flexibility index (Phi) is 5.93. The largest absolute Gasteiger partial charge is 0.483 e. The number of halogens is 2. The van der Waals surface area contributed by atoms with E-state index in [1.807, 2.05) is 0 Å². The fourth-order valence-electron chi connectivity index (χ4n) is 3.41. The van der Waals surface area contributed by atoms with Crippen molar-refractivity contribution in [1.29, 1.82) is 0 Å². The lowest BCUT2D eigenvalue weighted by Gasteiger charge is -2.20. The molecule has 31 heavy (non-hydrogen) atoms. The third kappa shape index (κ3) is 4.88. The van der Waals surface area contributed by atoms with Gasteiger partial charge in [-0.05, 0) is 54.4 Å². The molecule has 0 radical (unpaired) electrons. The minimum Gasteiger partial charge on any atom is -0.483 e. The van der Waals surface area contributed by atoms with Crippen LogP contribution in [0.3, 0.4) is 0 Å². The number of carbonyl (C=O) groups is 2. The topological polar surface area (TPSA) is 58.6 Å². The molecule has 0 saturated heterocycles. The number of nitrogens with one attached hydrogen (secondary N) is 1. The van der Waals surface area contributed by atoms with Gasteiger partial charge in [-0.25, -0.2) is 8.78 Å². The number of amides is 2. The van der Waals surface area contributed by atoms with E-state index in [2.05, 4.69) is 5.32 Å². The summed E-state index contributed by atoms with van der Waals surface area (Å²) in [5.41, 5.74) is 2.08. The predicted molar refractivity (Wildman–Crippen MR) is 112 cm³/mol. The molecule has 3 aromatic rings. The Labute approximate surface area is 178 Å². The molecule has 0 fully saturated rings. The minimum absolute atomic E-state index is 0.0511. The number of fused-ring (bicyclic) bond motifs is 1. The van der Waals surface area contributed by atoms with E-state index in [9.17, 15) is 18.4 Å². The highest BCUT2D eigenvalue weighted by molar-refractivity contribution is 6.04. The first-order valence-electron chi connectivity index (χ1n) is 9.83. The van der Waals surface area contributed by atoms with Crippen molar-refractivity contribution in [2.45, 2.75) is 13.0 Å². The van der Waals surface area contributed by atoms with Gasteiger partial charge in [0.1, 0.15) is 17.4 Å². The molecule has 3 aromatic carbocycles. The van der Waals surface area contributed by atoms with E-state index >= 15 is 0 Å². The van der Waals surface area contributed by atoms with Gasteiger partial charge in [0.05, 0.1) is 5.56 Å². The second kappa shape index (κ2) is 8.95. The highest BCUT2D eigenvalue weighted by Gasteiger charge is 2.22. The summed E-state index contributed by atoms with van der Waals surface area (Å²) in [7, 11) is 0. The quantitative estimate of drug-likeness (QED) is 0.671. The van der Waals surface area contributed by atoms with Gasteiger partial charge in [-0.3, -0.25) is 9.59 Å². The van der Waals surface area contributed by atoms with Crippen molar-refractivity contribution in [2.75, 3.05) is 18.5 Å². The lowest BCUT2D eigenvalue weighted by atomic mass is 10.1. The maximum Gasteiger partial charge on any atom is 0.260 e. The van der Waals surface area contributed by atoms with Crippen LogP contribution in [0.15, 0.2) is 66.7 Å². The van der Waals surface area contributed by atoms with E-state index < -0.39 is 11.7 Å². The molecule has 0 atom stereocenters. The van der Waals surface area contributed by atoms with Crippen LogP contribution in [0.2, 0.25) is 0 Å². The van der Waals surface area contributed by atoms with Gasteiger partial charge in [-0.15, -0.1) is 0 Å². The molecular formula is C24H20F2N2O3. The molecule has 158 valence electrons. The molecule has 7 heteroatoms. The van der Waals surface area contributed by atoms with Crippen molar-refractivity contribution in [2.24, 2.45) is 0 Å². The molecule has 1 aliphatic rings. The van der Waals surface area contributed by atoms with Gasteiger partial charge in [-0.2, -0.15) is 0 Å². The smallest absolute Gasteiger partial charge is 0.260 e. The monoisotopic (exact) mass is 422 g/mol. The first-order chi connectivity index (χ1) is 15.0. The molecule has 1 N–H and O–H groups in total. The summed E-state index contributed by atoms with van der Waals surface area (Å²) in [4.78, 5) is 26.5. The van der Waals surface area contributed by atoms with Crippen molar-refractivity contribution in [3.05, 3.63) is 95.1 Å². The zero-order valence-corrected chi connectivity index (χ0v) is 16.6. The lowest BCUT2D eigenvalue weighted by molar-refractivity contribution is -0.133. The number of benzene rings is 3. The predicted octanol–water partition coefficient (Wildman–Crippen LogP) is 4.18. The van der Waals surface area contributed by atoms with Gasteiger partial charge in [0.25, 0.3) is 11.8 Å². The summed E-state index contributed by atoms with van der Waals surface area (Å²) in [5.74, 6) is -1.06. The van der Waals surface area contributed by atoms with Gasteiger partial charge in [0.15, 0.2) is 6.61 Å². The van der Waals surface area contributed by atoms with Gasteiger partial charge < -0.3 is 15.0 Å². The van der Waals surface area contributed by atoms with Crippen molar-refractivity contribution in [3.63, 3.8) is 0 Å². The number of rotatable bonds is 5. The third-order valence-corrected chi connectivity index (χ3v) is 5.09. The molecule has 0 saturated carbocycles. The average Bonchev–Trinajstić information content (AvgIpc) is 2.92. The Hall–Kier alpha value is -3.74. The number of hydrogen-bond donors (Lipinski definition) is 1. The van der Waals surface area contributed by atoms with Crippen molar-refractivity contribution >= 4 is 17.5 Å². The van der Waals surface area contributed by atoms with Gasteiger partial charge >= 0.3 is 0 Å². The van der Waals surface area contributed by atoms with Crippen LogP contribution in [-0.4, -0.2) is 29.9 Å². The fourth-order valence-corrected chi connectivity index (χ4v) is 3.41. The molecule has 1 heterocycles. The van der Waals surface area contributed by atoms with E-state index in [1.165, 1.54) is 30.3 Å². The summed E-state index contributed by atoms with van der Waals surface area (Å²) >= 11 is 0. The van der Waals surface area contributed by atoms with E-state index in [-0.39, 0.29) is 23.9 Å². The Morgan fingerprint density at radius 1 is 1.03 bits per heavy atom. The average molecular weight is 422 g/mol. The van der Waals surface area contributed by atoms with Crippen LogP contribution in [0.25, 0.3) is 0 Å². The molecule has 1 aliphatic heterocycles. The standard InChI is InChI=1S/C24H20F2N2O3/c25-18-7-5-16(6-8-18)11-12-28-14-17-13-19(9-10-22(17)31-15-23(28)29)27-24(30)20-3-1-2-4-21(20)26/h1-10,13H,11-12,14-15H2,(H,27,30). The second-order valence-electron chi connectivity index (χ2n) is 7.24. The normalized spacial score (nSPS) is 13.2. The molecule has 0 bridgehead atoms. The first kappa shape index (κ1) is 20.5. The van der Waals surface area contributed by atoms with E-state index in [0.29, 0.717) is 30.9 Å². The van der Waals surface area contributed by atoms with Gasteiger partial charge in [0, 0.05) is 24.3 Å². The Bertz CT molecular complexity index is 1120. The van der Waals surface area contributed by atoms with E-state index in [0.717, 1.165) is 11.1 Å². The Morgan fingerprint density at radius 3 is 2.58 bits per heavy atom. The van der Waals surface area contributed by atoms with Crippen molar-refractivity contribution in [3.8, 4) is 5.75 Å². The Morgan fingerprint density at radius 2 is 1.81 bits per heavy atom. The number of anilines is 1. The molecule has 0 aliphatic carbocycles. The summed E-state index contributed by atoms with van der Waals surface area (Å²) in [6.45, 7) is 0.662. The van der Waals surface area contributed by atoms with E-state index in [4.69, 9.17) is 4.74 Å². The SMILES string of the molecule is O=C(Nc1ccc2c(c1)CN(CCc1ccc(F)cc1)C(=O)CO2)c1ccccc1F. The number of nitrogens with zero attached hydrogens (tertiary/aromatic N) is 1. The number of carbonyl (C=O) groups excluding carboxylic acids is 2. The second-order valence-corrected chi connectivity index (χ2v) is 7.24. The van der Waals surface area contributed by atoms with Crippen LogP contribution < -0.4 is 10.1 Å². The number of ether oxygens (including phenoxy) is 1. The fraction of sp³-hybridized carbons (Fsp3) is 0.167. The van der Waals surface area contributed by atoms with Gasteiger partial charge in [0.2, 0.25) is 0 Å². The van der Waals surface area contributed by atoms with Crippen molar-refractivity contribution < 1.29 is 23.1 Å². The van der Waals surface area contributed by atoms with Crippen molar-refractivity contribution in [1.82, 2.24) is 4.90 Å². The maximum atomic E-state index is 13.9. The minimum atomic E-state index is -0.601. The molecule has 4 rings (SSSR count). The summed E-state index contributed by atoms with van der Waals surface area (Å²) < 4.78 is 32.6. The van der Waals surface area contributed by atoms with E-state index in [1.54, 1.807) is 41.3 Å². The first-order valence-corrected chi connectivity index (χ1v) is 9.83. The van der Waals surface area contributed by atoms with Crippen LogP contribution in [0.5, 0.6) is 5.75 Å². The molecule has 0 spiro atoms. The molecule has 0 unspecified atom stereocenters. The van der Waals surface area contributed by atoms with Crippen LogP contribution in [0.4, 0.5) is 14.5 Å². The Balaban J connectivity index is 1.48.